The Morgan fingerprint density at radius 1 is 1.29 bits per heavy atom. The predicted octanol–water partition coefficient (Wildman–Crippen LogP) is 3.51. The van der Waals surface area contributed by atoms with Crippen LogP contribution in [0.2, 0.25) is 0 Å². The number of halogens is 1. The summed E-state index contributed by atoms with van der Waals surface area (Å²) >= 11 is 3.36. The van der Waals surface area contributed by atoms with Gasteiger partial charge in [0, 0.05) is 16.2 Å². The quantitative estimate of drug-likeness (QED) is 0.922. The van der Waals surface area contributed by atoms with Crippen molar-refractivity contribution in [2.45, 2.75) is 6.42 Å². The van der Waals surface area contributed by atoms with Gasteiger partial charge in [-0.15, -0.1) is 0 Å². The summed E-state index contributed by atoms with van der Waals surface area (Å²) in [6, 6.07) is 14.4. The molecule has 0 saturated carbocycles. The maximum absolute atomic E-state index is 12.0. The first-order valence-electron chi connectivity index (χ1n) is 6.24. The molecule has 0 unspecified atom stereocenters. The molecule has 4 nitrogen and oxygen atoms in total. The molecule has 21 heavy (non-hydrogen) atoms. The molecule has 0 fully saturated rings. The first-order valence-corrected chi connectivity index (χ1v) is 7.03. The smallest absolute Gasteiger partial charge is 0.228 e. The Morgan fingerprint density at radius 2 is 2.00 bits per heavy atom. The van der Waals surface area contributed by atoms with E-state index in [-0.39, 0.29) is 12.3 Å². The van der Waals surface area contributed by atoms with Gasteiger partial charge in [0.2, 0.25) is 5.91 Å². The zero-order valence-corrected chi connectivity index (χ0v) is 13.0. The van der Waals surface area contributed by atoms with E-state index in [1.54, 1.807) is 43.5 Å². The molecule has 0 heterocycles. The number of rotatable bonds is 4. The number of carbonyl (C=O) groups is 1. The van der Waals surface area contributed by atoms with E-state index in [2.05, 4.69) is 21.2 Å². The number of anilines is 1. The molecule has 2 rings (SSSR count). The normalized spacial score (nSPS) is 9.76. The number of benzene rings is 2. The van der Waals surface area contributed by atoms with E-state index in [0.717, 1.165) is 10.0 Å². The highest BCUT2D eigenvalue weighted by Crippen LogP contribution is 2.24. The molecule has 0 aliphatic rings. The van der Waals surface area contributed by atoms with Gasteiger partial charge in [0.1, 0.15) is 5.75 Å². The molecule has 0 aliphatic heterocycles. The van der Waals surface area contributed by atoms with Gasteiger partial charge in [0.25, 0.3) is 0 Å². The van der Waals surface area contributed by atoms with Gasteiger partial charge in [0.05, 0.1) is 25.2 Å². The highest BCUT2D eigenvalue weighted by molar-refractivity contribution is 9.10. The van der Waals surface area contributed by atoms with Crippen LogP contribution in [0.15, 0.2) is 46.9 Å². The molecular weight excluding hydrogens is 332 g/mol. The minimum atomic E-state index is -0.125. The molecule has 1 amide bonds. The topological polar surface area (TPSA) is 62.1 Å². The molecule has 0 spiro atoms. The van der Waals surface area contributed by atoms with Crippen LogP contribution in [0.4, 0.5) is 5.69 Å². The van der Waals surface area contributed by atoms with Gasteiger partial charge in [-0.05, 0) is 29.8 Å². The average molecular weight is 345 g/mol. The molecule has 0 saturated heterocycles. The summed E-state index contributed by atoms with van der Waals surface area (Å²) in [6.45, 7) is 0. The number of ether oxygens (including phenoxy) is 1. The lowest BCUT2D eigenvalue weighted by Crippen LogP contribution is -2.14. The van der Waals surface area contributed by atoms with Gasteiger partial charge in [-0.25, -0.2) is 0 Å². The second-order valence-corrected chi connectivity index (χ2v) is 5.33. The number of methoxy groups -OCH3 is 1. The van der Waals surface area contributed by atoms with E-state index in [1.165, 1.54) is 0 Å². The lowest BCUT2D eigenvalue weighted by atomic mass is 10.1. The Bertz CT molecular complexity index is 690. The fourth-order valence-corrected chi connectivity index (χ4v) is 2.31. The van der Waals surface area contributed by atoms with Gasteiger partial charge >= 0.3 is 0 Å². The van der Waals surface area contributed by atoms with E-state index >= 15 is 0 Å². The third-order valence-corrected chi connectivity index (χ3v) is 3.30. The number of nitrogens with zero attached hydrogens (tertiary/aromatic N) is 1. The summed E-state index contributed by atoms with van der Waals surface area (Å²) in [7, 11) is 1.57. The second kappa shape index (κ2) is 6.91. The first kappa shape index (κ1) is 15.1. The molecular formula is C16H13BrN2O2. The Morgan fingerprint density at radius 3 is 2.62 bits per heavy atom. The monoisotopic (exact) mass is 344 g/mol. The molecule has 5 heteroatoms. The van der Waals surface area contributed by atoms with E-state index in [0.29, 0.717) is 17.0 Å². The Labute approximate surface area is 131 Å². The number of hydrogen-bond donors (Lipinski definition) is 1. The fraction of sp³-hybridized carbons (Fsp3) is 0.125. The minimum absolute atomic E-state index is 0.125. The van der Waals surface area contributed by atoms with Crippen molar-refractivity contribution in [3.8, 4) is 11.8 Å². The van der Waals surface area contributed by atoms with Crippen LogP contribution in [0, 0.1) is 11.3 Å². The van der Waals surface area contributed by atoms with Crippen molar-refractivity contribution in [2.75, 3.05) is 12.4 Å². The summed E-state index contributed by atoms with van der Waals surface area (Å²) in [5.74, 6) is 0.540. The van der Waals surface area contributed by atoms with Crippen LogP contribution in [0.5, 0.6) is 5.75 Å². The molecule has 2 aromatic carbocycles. The molecule has 2 aromatic rings. The zero-order chi connectivity index (χ0) is 15.2. The maximum atomic E-state index is 12.0. The molecule has 0 radical (unpaired) electrons. The fourth-order valence-electron chi connectivity index (χ4n) is 1.84. The number of carbonyl (C=O) groups excluding carboxylic acids is 1. The largest absolute Gasteiger partial charge is 0.497 e. The van der Waals surface area contributed by atoms with Crippen LogP contribution in [-0.2, 0) is 11.2 Å². The van der Waals surface area contributed by atoms with Crippen molar-refractivity contribution in [3.05, 3.63) is 58.1 Å². The maximum Gasteiger partial charge on any atom is 0.228 e. The number of nitriles is 1. The van der Waals surface area contributed by atoms with Crippen LogP contribution in [0.1, 0.15) is 11.1 Å². The van der Waals surface area contributed by atoms with Crippen molar-refractivity contribution < 1.29 is 9.53 Å². The number of nitrogens with one attached hydrogen (secondary N) is 1. The molecule has 0 atom stereocenters. The molecule has 106 valence electrons. The van der Waals surface area contributed by atoms with Gasteiger partial charge in [0.15, 0.2) is 0 Å². The van der Waals surface area contributed by atoms with E-state index < -0.39 is 0 Å². The van der Waals surface area contributed by atoms with Crippen LogP contribution < -0.4 is 10.1 Å². The van der Waals surface area contributed by atoms with E-state index in [9.17, 15) is 4.79 Å². The van der Waals surface area contributed by atoms with Gasteiger partial charge in [-0.3, -0.25) is 4.79 Å². The third kappa shape index (κ3) is 4.33. The summed E-state index contributed by atoms with van der Waals surface area (Å²) < 4.78 is 5.98. The second-order valence-electron chi connectivity index (χ2n) is 4.41. The van der Waals surface area contributed by atoms with Gasteiger partial charge < -0.3 is 10.1 Å². The van der Waals surface area contributed by atoms with Crippen molar-refractivity contribution in [1.29, 1.82) is 5.26 Å². The Balaban J connectivity index is 2.04. The van der Waals surface area contributed by atoms with E-state index in [1.807, 2.05) is 12.1 Å². The summed E-state index contributed by atoms with van der Waals surface area (Å²) in [5, 5.41) is 11.6. The third-order valence-electron chi connectivity index (χ3n) is 2.84. The highest BCUT2D eigenvalue weighted by atomic mass is 79.9. The van der Waals surface area contributed by atoms with Crippen molar-refractivity contribution in [2.24, 2.45) is 0 Å². The minimum Gasteiger partial charge on any atom is -0.497 e. The first-order chi connectivity index (χ1) is 10.1. The van der Waals surface area contributed by atoms with Crippen LogP contribution in [0.3, 0.4) is 0 Å². The van der Waals surface area contributed by atoms with Crippen molar-refractivity contribution in [3.63, 3.8) is 0 Å². The Hall–Kier alpha value is -2.32. The van der Waals surface area contributed by atoms with Gasteiger partial charge in [-0.2, -0.15) is 5.26 Å². The van der Waals surface area contributed by atoms with Crippen molar-refractivity contribution >= 4 is 27.5 Å². The molecule has 0 bridgehead atoms. The highest BCUT2D eigenvalue weighted by Gasteiger charge is 2.06. The van der Waals surface area contributed by atoms with Gasteiger partial charge in [-0.1, -0.05) is 28.1 Å². The average Bonchev–Trinajstić information content (AvgIpc) is 2.47. The lowest BCUT2D eigenvalue weighted by molar-refractivity contribution is -0.115. The van der Waals surface area contributed by atoms with Crippen LogP contribution in [-0.4, -0.2) is 13.0 Å². The molecule has 1 N–H and O–H groups in total. The lowest BCUT2D eigenvalue weighted by Gasteiger charge is -2.08. The van der Waals surface area contributed by atoms with Crippen LogP contribution >= 0.6 is 15.9 Å². The SMILES string of the molecule is COc1cc(Br)cc(NC(=O)Cc2ccc(C#N)cc2)c1. The molecule has 0 aliphatic carbocycles. The van der Waals surface area contributed by atoms with E-state index in [4.69, 9.17) is 10.00 Å². The summed E-state index contributed by atoms with van der Waals surface area (Å²) in [6.07, 6.45) is 0.251. The Kier molecular flexibility index (Phi) is 4.96. The molecule has 0 aromatic heterocycles. The number of amides is 1. The van der Waals surface area contributed by atoms with Crippen molar-refractivity contribution in [1.82, 2.24) is 0 Å². The van der Waals surface area contributed by atoms with Crippen LogP contribution in [0.25, 0.3) is 0 Å². The number of hydrogen-bond acceptors (Lipinski definition) is 3. The summed E-state index contributed by atoms with van der Waals surface area (Å²) in [4.78, 5) is 12.0. The summed E-state index contributed by atoms with van der Waals surface area (Å²) in [5.41, 5.74) is 2.10. The zero-order valence-electron chi connectivity index (χ0n) is 11.4. The predicted molar refractivity (Wildman–Crippen MR) is 84.2 cm³/mol. The standard InChI is InChI=1S/C16H13BrN2O2/c1-21-15-8-13(17)7-14(9-15)19-16(20)6-11-2-4-12(10-18)5-3-11/h2-5,7-9H,6H2,1H3,(H,19,20).